The molecule has 1 aromatic heterocycles. The van der Waals surface area contributed by atoms with Gasteiger partial charge in [-0.3, -0.25) is 4.79 Å². The van der Waals surface area contributed by atoms with E-state index in [2.05, 4.69) is 15.3 Å². The fourth-order valence-electron chi connectivity index (χ4n) is 2.61. The van der Waals surface area contributed by atoms with E-state index in [0.29, 0.717) is 5.56 Å². The van der Waals surface area contributed by atoms with E-state index in [-0.39, 0.29) is 35.1 Å². The Morgan fingerprint density at radius 2 is 1.83 bits per heavy atom. The average molecular weight is 403 g/mol. The van der Waals surface area contributed by atoms with Gasteiger partial charge < -0.3 is 14.8 Å². The molecule has 0 bridgehead atoms. The molecular formula is C20H16F3N3O3. The second-order valence-electron chi connectivity index (χ2n) is 5.93. The van der Waals surface area contributed by atoms with Gasteiger partial charge in [-0.05, 0) is 35.9 Å². The van der Waals surface area contributed by atoms with Crippen LogP contribution in [0, 0.1) is 17.5 Å². The molecule has 3 rings (SSSR count). The molecule has 3 aromatic rings. The standard InChI is InChI=1S/C20H16F3N3O3/c1-28-17-6-3-11(7-15(17)23)8-18(27)26-19-20(29-2)25-16(10-24-19)13-9-12(21)4-5-14(13)22/h3-7,9-10H,8H2,1-2H3,(H,24,26,27). The summed E-state index contributed by atoms with van der Waals surface area (Å²) in [6, 6.07) is 7.11. The quantitative estimate of drug-likeness (QED) is 0.679. The molecule has 0 aliphatic heterocycles. The molecule has 2 aromatic carbocycles. The minimum absolute atomic E-state index is 0.00737. The van der Waals surface area contributed by atoms with E-state index in [0.717, 1.165) is 18.2 Å². The summed E-state index contributed by atoms with van der Waals surface area (Å²) in [4.78, 5) is 20.4. The molecule has 0 aliphatic rings. The summed E-state index contributed by atoms with van der Waals surface area (Å²) in [6.45, 7) is 0. The van der Waals surface area contributed by atoms with Crippen LogP contribution < -0.4 is 14.8 Å². The highest BCUT2D eigenvalue weighted by atomic mass is 19.1. The lowest BCUT2D eigenvalue weighted by Gasteiger charge is -2.11. The number of ether oxygens (including phenoxy) is 2. The normalized spacial score (nSPS) is 10.5. The van der Waals surface area contributed by atoms with E-state index >= 15 is 0 Å². The van der Waals surface area contributed by atoms with Crippen molar-refractivity contribution >= 4 is 11.7 Å². The van der Waals surface area contributed by atoms with Crippen molar-refractivity contribution in [1.29, 1.82) is 0 Å². The smallest absolute Gasteiger partial charge is 0.258 e. The number of carbonyl (C=O) groups excluding carboxylic acids is 1. The number of nitrogens with one attached hydrogen (secondary N) is 1. The highest BCUT2D eigenvalue weighted by molar-refractivity contribution is 5.92. The molecule has 1 amide bonds. The number of carbonyl (C=O) groups is 1. The average Bonchev–Trinajstić information content (AvgIpc) is 2.70. The number of anilines is 1. The first-order chi connectivity index (χ1) is 13.9. The number of hydrogen-bond donors (Lipinski definition) is 1. The first-order valence-electron chi connectivity index (χ1n) is 8.40. The molecule has 6 nitrogen and oxygen atoms in total. The van der Waals surface area contributed by atoms with E-state index in [1.165, 1.54) is 32.5 Å². The summed E-state index contributed by atoms with van der Waals surface area (Å²) in [6.07, 6.45) is 1.05. The van der Waals surface area contributed by atoms with Crippen LogP contribution in [0.1, 0.15) is 5.56 Å². The Morgan fingerprint density at radius 3 is 2.52 bits per heavy atom. The van der Waals surface area contributed by atoms with Crippen LogP contribution in [0.2, 0.25) is 0 Å². The van der Waals surface area contributed by atoms with Crippen molar-refractivity contribution in [2.75, 3.05) is 19.5 Å². The molecule has 0 saturated heterocycles. The zero-order valence-corrected chi connectivity index (χ0v) is 15.5. The maximum absolute atomic E-state index is 13.9. The summed E-state index contributed by atoms with van der Waals surface area (Å²) in [7, 11) is 2.64. The lowest BCUT2D eigenvalue weighted by molar-refractivity contribution is -0.115. The summed E-state index contributed by atoms with van der Waals surface area (Å²) in [5.74, 6) is -2.41. The van der Waals surface area contributed by atoms with Gasteiger partial charge in [0.25, 0.3) is 5.88 Å². The number of rotatable bonds is 6. The van der Waals surface area contributed by atoms with Crippen LogP contribution in [0.15, 0.2) is 42.6 Å². The van der Waals surface area contributed by atoms with Crippen LogP contribution in [-0.2, 0) is 11.2 Å². The number of benzene rings is 2. The van der Waals surface area contributed by atoms with Gasteiger partial charge in [-0.15, -0.1) is 0 Å². The van der Waals surface area contributed by atoms with Gasteiger partial charge in [-0.1, -0.05) is 6.07 Å². The zero-order valence-electron chi connectivity index (χ0n) is 15.5. The molecule has 0 aliphatic carbocycles. The summed E-state index contributed by atoms with van der Waals surface area (Å²) in [5.41, 5.74) is 0.364. The topological polar surface area (TPSA) is 73.3 Å². The van der Waals surface area contributed by atoms with Crippen molar-refractivity contribution in [2.45, 2.75) is 6.42 Å². The molecule has 1 N–H and O–H groups in total. The van der Waals surface area contributed by atoms with E-state index < -0.39 is 23.4 Å². The molecule has 0 atom stereocenters. The van der Waals surface area contributed by atoms with E-state index in [1.807, 2.05) is 0 Å². The number of aromatic nitrogens is 2. The predicted octanol–water partition coefficient (Wildman–Crippen LogP) is 3.76. The zero-order chi connectivity index (χ0) is 21.0. The number of hydrogen-bond acceptors (Lipinski definition) is 5. The molecule has 9 heteroatoms. The van der Waals surface area contributed by atoms with Crippen LogP contribution in [0.5, 0.6) is 11.6 Å². The fourth-order valence-corrected chi connectivity index (χ4v) is 2.61. The van der Waals surface area contributed by atoms with Gasteiger partial charge in [-0.25, -0.2) is 23.1 Å². The minimum Gasteiger partial charge on any atom is -0.494 e. The fraction of sp³-hybridized carbons (Fsp3) is 0.150. The second-order valence-corrected chi connectivity index (χ2v) is 5.93. The van der Waals surface area contributed by atoms with Crippen molar-refractivity contribution < 1.29 is 27.4 Å². The summed E-state index contributed by atoms with van der Waals surface area (Å²) in [5, 5.41) is 2.50. The minimum atomic E-state index is -0.680. The molecule has 0 unspecified atom stereocenters. The van der Waals surface area contributed by atoms with Crippen LogP contribution in [-0.4, -0.2) is 30.1 Å². The van der Waals surface area contributed by atoms with Crippen molar-refractivity contribution in [3.8, 4) is 22.9 Å². The SMILES string of the molecule is COc1ccc(CC(=O)Nc2ncc(-c3cc(F)ccc3F)nc2OC)cc1F. The number of methoxy groups -OCH3 is 2. The first kappa shape index (κ1) is 20.1. The molecule has 0 saturated carbocycles. The van der Waals surface area contributed by atoms with E-state index in [1.54, 1.807) is 6.07 Å². The van der Waals surface area contributed by atoms with Crippen molar-refractivity contribution in [3.05, 3.63) is 65.6 Å². The summed E-state index contributed by atoms with van der Waals surface area (Å²) >= 11 is 0. The number of amides is 1. The van der Waals surface area contributed by atoms with Gasteiger partial charge in [0.1, 0.15) is 11.6 Å². The van der Waals surface area contributed by atoms with Crippen LogP contribution >= 0.6 is 0 Å². The largest absolute Gasteiger partial charge is 0.494 e. The number of halogens is 3. The summed E-state index contributed by atoms with van der Waals surface area (Å²) < 4.78 is 51.0. The predicted molar refractivity (Wildman–Crippen MR) is 99.2 cm³/mol. The third-order valence-electron chi connectivity index (χ3n) is 3.98. The van der Waals surface area contributed by atoms with E-state index in [9.17, 15) is 18.0 Å². The van der Waals surface area contributed by atoms with Crippen molar-refractivity contribution in [2.24, 2.45) is 0 Å². The Bertz CT molecular complexity index is 1060. The van der Waals surface area contributed by atoms with Crippen molar-refractivity contribution in [3.63, 3.8) is 0 Å². The van der Waals surface area contributed by atoms with Gasteiger partial charge in [0.2, 0.25) is 5.91 Å². The van der Waals surface area contributed by atoms with Gasteiger partial charge in [0.05, 0.1) is 32.5 Å². The van der Waals surface area contributed by atoms with Crippen LogP contribution in [0.25, 0.3) is 11.3 Å². The maximum Gasteiger partial charge on any atom is 0.258 e. The van der Waals surface area contributed by atoms with Gasteiger partial charge in [0.15, 0.2) is 17.4 Å². The Balaban J connectivity index is 1.79. The van der Waals surface area contributed by atoms with E-state index in [4.69, 9.17) is 9.47 Å². The maximum atomic E-state index is 13.9. The third-order valence-corrected chi connectivity index (χ3v) is 3.98. The lowest BCUT2D eigenvalue weighted by Crippen LogP contribution is -2.16. The molecule has 150 valence electrons. The van der Waals surface area contributed by atoms with Crippen LogP contribution in [0.4, 0.5) is 19.0 Å². The molecule has 29 heavy (non-hydrogen) atoms. The molecule has 0 fully saturated rings. The highest BCUT2D eigenvalue weighted by Gasteiger charge is 2.16. The second kappa shape index (κ2) is 8.59. The monoisotopic (exact) mass is 403 g/mol. The Kier molecular flexibility index (Phi) is 5.96. The lowest BCUT2D eigenvalue weighted by atomic mass is 10.1. The van der Waals surface area contributed by atoms with Crippen molar-refractivity contribution in [1.82, 2.24) is 9.97 Å². The Hall–Kier alpha value is -3.62. The molecular weight excluding hydrogens is 387 g/mol. The van der Waals surface area contributed by atoms with Gasteiger partial charge in [0, 0.05) is 5.56 Å². The van der Waals surface area contributed by atoms with Crippen LogP contribution in [0.3, 0.4) is 0 Å². The van der Waals surface area contributed by atoms with Gasteiger partial charge in [-0.2, -0.15) is 0 Å². The third kappa shape index (κ3) is 4.63. The molecule has 0 radical (unpaired) electrons. The van der Waals surface area contributed by atoms with Gasteiger partial charge >= 0.3 is 0 Å². The first-order valence-corrected chi connectivity index (χ1v) is 8.40. The Morgan fingerprint density at radius 1 is 1.03 bits per heavy atom. The molecule has 0 spiro atoms. The highest BCUT2D eigenvalue weighted by Crippen LogP contribution is 2.27. The Labute approximate surface area is 164 Å². The molecule has 1 heterocycles. The number of nitrogens with zero attached hydrogens (tertiary/aromatic N) is 2.